The first-order valence-corrected chi connectivity index (χ1v) is 6.99. The van der Waals surface area contributed by atoms with Gasteiger partial charge >= 0.3 is 0 Å². The van der Waals surface area contributed by atoms with Crippen LogP contribution in [0.15, 0.2) is 54.7 Å². The smallest absolute Gasteiger partial charge is 0.275 e. The van der Waals surface area contributed by atoms with Gasteiger partial charge in [-0.25, -0.2) is 0 Å². The maximum Gasteiger partial charge on any atom is 0.275 e. The quantitative estimate of drug-likeness (QED) is 0.798. The van der Waals surface area contributed by atoms with E-state index in [4.69, 9.17) is 4.74 Å². The molecule has 1 aromatic heterocycles. The van der Waals surface area contributed by atoms with Crippen molar-refractivity contribution >= 4 is 22.4 Å². The molecule has 0 spiro atoms. The number of hydrogen-bond acceptors (Lipinski definition) is 3. The summed E-state index contributed by atoms with van der Waals surface area (Å²) in [5, 5.41) is 4.68. The number of methoxy groups -OCH3 is 1. The number of amides is 1. The van der Waals surface area contributed by atoms with E-state index < -0.39 is 0 Å². The molecule has 0 aliphatic heterocycles. The van der Waals surface area contributed by atoms with Crippen LogP contribution in [0.5, 0.6) is 5.75 Å². The van der Waals surface area contributed by atoms with E-state index in [9.17, 15) is 4.79 Å². The number of nitrogens with zero attached hydrogens (tertiary/aromatic N) is 1. The second-order valence-electron chi connectivity index (χ2n) is 5.04. The van der Waals surface area contributed by atoms with Gasteiger partial charge in [-0.2, -0.15) is 0 Å². The van der Waals surface area contributed by atoms with Crippen molar-refractivity contribution in [2.75, 3.05) is 12.4 Å². The van der Waals surface area contributed by atoms with Crippen molar-refractivity contribution in [1.82, 2.24) is 4.98 Å². The van der Waals surface area contributed by atoms with Crippen molar-refractivity contribution in [2.45, 2.75) is 6.92 Å². The summed E-state index contributed by atoms with van der Waals surface area (Å²) in [7, 11) is 1.58. The molecule has 0 fully saturated rings. The largest absolute Gasteiger partial charge is 0.495 e. The maximum absolute atomic E-state index is 12.6. The van der Waals surface area contributed by atoms with E-state index in [1.165, 1.54) is 0 Å². The standard InChI is InChI=1S/C18H16N2O2/c1-12-7-8-15(16(11-12)22-2)20-18(21)17-14-6-4-3-5-13(14)9-10-19-17/h3-11H,1-2H3,(H,20,21). The van der Waals surface area contributed by atoms with Crippen molar-refractivity contribution in [3.63, 3.8) is 0 Å². The number of carbonyl (C=O) groups excluding carboxylic acids is 1. The van der Waals surface area contributed by atoms with Crippen molar-refractivity contribution < 1.29 is 9.53 Å². The zero-order chi connectivity index (χ0) is 15.5. The molecule has 0 atom stereocenters. The van der Waals surface area contributed by atoms with Gasteiger partial charge in [0.25, 0.3) is 5.91 Å². The number of rotatable bonds is 3. The molecular weight excluding hydrogens is 276 g/mol. The highest BCUT2D eigenvalue weighted by molar-refractivity contribution is 6.11. The minimum Gasteiger partial charge on any atom is -0.495 e. The van der Waals surface area contributed by atoms with E-state index >= 15 is 0 Å². The molecular formula is C18H16N2O2. The van der Waals surface area contributed by atoms with Crippen LogP contribution in [0.25, 0.3) is 10.8 Å². The Morgan fingerprint density at radius 2 is 1.95 bits per heavy atom. The van der Waals surface area contributed by atoms with E-state index in [1.807, 2.05) is 55.5 Å². The van der Waals surface area contributed by atoms with Gasteiger partial charge in [-0.15, -0.1) is 0 Å². The molecule has 1 amide bonds. The first-order chi connectivity index (χ1) is 10.7. The Morgan fingerprint density at radius 3 is 2.77 bits per heavy atom. The molecule has 0 aliphatic rings. The van der Waals surface area contributed by atoms with Gasteiger partial charge in [0.15, 0.2) is 0 Å². The van der Waals surface area contributed by atoms with Crippen LogP contribution in [-0.2, 0) is 0 Å². The van der Waals surface area contributed by atoms with Gasteiger partial charge in [-0.1, -0.05) is 30.3 Å². The Bertz CT molecular complexity index is 838. The number of anilines is 1. The molecule has 4 nitrogen and oxygen atoms in total. The summed E-state index contributed by atoms with van der Waals surface area (Å²) >= 11 is 0. The van der Waals surface area contributed by atoms with Gasteiger partial charge < -0.3 is 10.1 Å². The molecule has 0 radical (unpaired) electrons. The summed E-state index contributed by atoms with van der Waals surface area (Å²) in [6.45, 7) is 1.97. The second-order valence-corrected chi connectivity index (χ2v) is 5.04. The van der Waals surface area contributed by atoms with Crippen LogP contribution in [0.2, 0.25) is 0 Å². The summed E-state index contributed by atoms with van der Waals surface area (Å²) < 4.78 is 5.32. The Labute approximate surface area is 128 Å². The van der Waals surface area contributed by atoms with Gasteiger partial charge in [0.05, 0.1) is 12.8 Å². The fourth-order valence-electron chi connectivity index (χ4n) is 2.38. The highest BCUT2D eigenvalue weighted by Crippen LogP contribution is 2.26. The lowest BCUT2D eigenvalue weighted by Crippen LogP contribution is -2.14. The number of pyridine rings is 1. The van der Waals surface area contributed by atoms with Crippen molar-refractivity contribution in [3.05, 3.63) is 66.0 Å². The third-order valence-electron chi connectivity index (χ3n) is 3.49. The molecule has 4 heteroatoms. The normalized spacial score (nSPS) is 10.5. The first kappa shape index (κ1) is 14.1. The van der Waals surface area contributed by atoms with E-state index in [-0.39, 0.29) is 5.91 Å². The van der Waals surface area contributed by atoms with Crippen molar-refractivity contribution in [3.8, 4) is 5.75 Å². The minimum absolute atomic E-state index is 0.251. The lowest BCUT2D eigenvalue weighted by Gasteiger charge is -2.11. The van der Waals surface area contributed by atoms with E-state index in [0.29, 0.717) is 17.1 Å². The van der Waals surface area contributed by atoms with Crippen LogP contribution in [0.4, 0.5) is 5.69 Å². The highest BCUT2D eigenvalue weighted by atomic mass is 16.5. The van der Waals surface area contributed by atoms with Gasteiger partial charge in [0, 0.05) is 11.6 Å². The predicted octanol–water partition coefficient (Wildman–Crippen LogP) is 3.80. The fraction of sp³-hybridized carbons (Fsp3) is 0.111. The number of hydrogen-bond donors (Lipinski definition) is 1. The third-order valence-corrected chi connectivity index (χ3v) is 3.49. The average Bonchev–Trinajstić information content (AvgIpc) is 2.55. The van der Waals surface area contributed by atoms with Gasteiger partial charge in [0.1, 0.15) is 11.4 Å². The average molecular weight is 292 g/mol. The van der Waals surface area contributed by atoms with Crippen LogP contribution >= 0.6 is 0 Å². The van der Waals surface area contributed by atoms with Gasteiger partial charge in [-0.05, 0) is 36.1 Å². The van der Waals surface area contributed by atoms with Gasteiger partial charge in [0.2, 0.25) is 0 Å². The lowest BCUT2D eigenvalue weighted by molar-refractivity contribution is 0.102. The van der Waals surface area contributed by atoms with Crippen molar-refractivity contribution in [1.29, 1.82) is 0 Å². The number of ether oxygens (including phenoxy) is 1. The van der Waals surface area contributed by atoms with E-state index in [2.05, 4.69) is 10.3 Å². The summed E-state index contributed by atoms with van der Waals surface area (Å²) in [6, 6.07) is 15.2. The van der Waals surface area contributed by atoms with Crippen LogP contribution < -0.4 is 10.1 Å². The summed E-state index contributed by atoms with van der Waals surface area (Å²) in [4.78, 5) is 16.8. The molecule has 0 saturated heterocycles. The topological polar surface area (TPSA) is 51.2 Å². The minimum atomic E-state index is -0.251. The molecule has 110 valence electrons. The summed E-state index contributed by atoms with van der Waals surface area (Å²) in [6.07, 6.45) is 1.64. The molecule has 1 N–H and O–H groups in total. The van der Waals surface area contributed by atoms with Crippen LogP contribution in [0, 0.1) is 6.92 Å². The Hall–Kier alpha value is -2.88. The maximum atomic E-state index is 12.6. The van der Waals surface area contributed by atoms with Gasteiger partial charge in [-0.3, -0.25) is 9.78 Å². The second kappa shape index (κ2) is 5.85. The zero-order valence-corrected chi connectivity index (χ0v) is 12.5. The number of nitrogens with one attached hydrogen (secondary N) is 1. The Kier molecular flexibility index (Phi) is 3.74. The molecule has 3 rings (SSSR count). The monoisotopic (exact) mass is 292 g/mol. The third kappa shape index (κ3) is 2.63. The first-order valence-electron chi connectivity index (χ1n) is 6.99. The SMILES string of the molecule is COc1cc(C)ccc1NC(=O)c1nccc2ccccc12. The fourth-order valence-corrected chi connectivity index (χ4v) is 2.38. The number of benzene rings is 2. The molecule has 0 bridgehead atoms. The molecule has 0 saturated carbocycles. The van der Waals surface area contributed by atoms with Crippen LogP contribution in [-0.4, -0.2) is 18.0 Å². The highest BCUT2D eigenvalue weighted by Gasteiger charge is 2.13. The molecule has 2 aromatic carbocycles. The van der Waals surface area contributed by atoms with Crippen LogP contribution in [0.3, 0.4) is 0 Å². The van der Waals surface area contributed by atoms with E-state index in [0.717, 1.165) is 16.3 Å². The molecule has 0 unspecified atom stereocenters. The summed E-state index contributed by atoms with van der Waals surface area (Å²) in [5.74, 6) is 0.382. The number of aryl methyl sites for hydroxylation is 1. The molecule has 0 aliphatic carbocycles. The number of aromatic nitrogens is 1. The lowest BCUT2D eigenvalue weighted by atomic mass is 10.1. The molecule has 3 aromatic rings. The molecule has 1 heterocycles. The zero-order valence-electron chi connectivity index (χ0n) is 12.5. The van der Waals surface area contributed by atoms with E-state index in [1.54, 1.807) is 13.3 Å². The van der Waals surface area contributed by atoms with Crippen LogP contribution in [0.1, 0.15) is 16.1 Å². The van der Waals surface area contributed by atoms with Crippen molar-refractivity contribution in [2.24, 2.45) is 0 Å². The number of fused-ring (bicyclic) bond motifs is 1. The number of carbonyl (C=O) groups is 1. The summed E-state index contributed by atoms with van der Waals surface area (Å²) in [5.41, 5.74) is 2.10. The Balaban J connectivity index is 1.97. The Morgan fingerprint density at radius 1 is 1.14 bits per heavy atom. The molecule has 22 heavy (non-hydrogen) atoms. The predicted molar refractivity (Wildman–Crippen MR) is 87.4 cm³/mol.